The highest BCUT2D eigenvalue weighted by Crippen LogP contribution is 2.16. The number of rotatable bonds is 3. The van der Waals surface area contributed by atoms with Crippen molar-refractivity contribution >= 4 is 9.84 Å². The summed E-state index contributed by atoms with van der Waals surface area (Å²) in [6.07, 6.45) is 2.74. The predicted octanol–water partition coefficient (Wildman–Crippen LogP) is 1.28. The molecule has 0 radical (unpaired) electrons. The minimum atomic E-state index is -3.16. The molecule has 1 rings (SSSR count). The summed E-state index contributed by atoms with van der Waals surface area (Å²) in [6.45, 7) is 3.55. The maximum atomic E-state index is 11.2. The van der Waals surface area contributed by atoms with Crippen molar-refractivity contribution in [2.24, 2.45) is 5.73 Å². The summed E-state index contributed by atoms with van der Waals surface area (Å²) in [7, 11) is -3.16. The molecule has 0 saturated carbocycles. The van der Waals surface area contributed by atoms with Crippen LogP contribution >= 0.6 is 0 Å². The monoisotopic (exact) mass is 211 g/mol. The first-order chi connectivity index (χ1) is 6.45. The fraction of sp³-hybridized carbons (Fsp3) is 0.200. The van der Waals surface area contributed by atoms with Crippen molar-refractivity contribution < 1.29 is 8.42 Å². The van der Waals surface area contributed by atoms with E-state index in [2.05, 4.69) is 6.58 Å². The highest BCUT2D eigenvalue weighted by molar-refractivity contribution is 7.90. The average molecular weight is 211 g/mol. The van der Waals surface area contributed by atoms with Crippen LogP contribution in [0.1, 0.15) is 11.6 Å². The largest absolute Gasteiger partial charge is 0.321 e. The topological polar surface area (TPSA) is 60.2 Å². The van der Waals surface area contributed by atoms with Crippen LogP contribution < -0.4 is 5.73 Å². The van der Waals surface area contributed by atoms with E-state index in [0.29, 0.717) is 0 Å². The van der Waals surface area contributed by atoms with Gasteiger partial charge in [0.15, 0.2) is 9.84 Å². The quantitative estimate of drug-likeness (QED) is 0.766. The van der Waals surface area contributed by atoms with Crippen molar-refractivity contribution in [2.45, 2.75) is 10.9 Å². The molecule has 0 saturated heterocycles. The molecule has 2 N–H and O–H groups in total. The van der Waals surface area contributed by atoms with E-state index in [1.807, 2.05) is 0 Å². The lowest BCUT2D eigenvalue weighted by molar-refractivity contribution is 0.601. The Balaban J connectivity index is 3.20. The highest BCUT2D eigenvalue weighted by atomic mass is 32.2. The third-order valence-electron chi connectivity index (χ3n) is 1.93. The Kier molecular flexibility index (Phi) is 3.08. The lowest BCUT2D eigenvalue weighted by Crippen LogP contribution is -2.07. The highest BCUT2D eigenvalue weighted by Gasteiger charge is 2.09. The molecule has 0 heterocycles. The van der Waals surface area contributed by atoms with Gasteiger partial charge in [0.1, 0.15) is 0 Å². The minimum absolute atomic E-state index is 0.285. The van der Waals surface area contributed by atoms with Gasteiger partial charge < -0.3 is 5.73 Å². The summed E-state index contributed by atoms with van der Waals surface area (Å²) in [4.78, 5) is 0.285. The van der Waals surface area contributed by atoms with Gasteiger partial charge in [0.25, 0.3) is 0 Å². The second-order valence-electron chi connectivity index (χ2n) is 3.11. The molecular weight excluding hydrogens is 198 g/mol. The first kappa shape index (κ1) is 10.9. The Bertz CT molecular complexity index is 437. The molecule has 0 aliphatic carbocycles. The van der Waals surface area contributed by atoms with Gasteiger partial charge >= 0.3 is 0 Å². The van der Waals surface area contributed by atoms with Gasteiger partial charge in [-0.25, -0.2) is 8.42 Å². The van der Waals surface area contributed by atoms with Crippen LogP contribution in [0.25, 0.3) is 0 Å². The Morgan fingerprint density at radius 3 is 2.64 bits per heavy atom. The Hall–Kier alpha value is -1.13. The average Bonchev–Trinajstić information content (AvgIpc) is 2.15. The second-order valence-corrected chi connectivity index (χ2v) is 5.12. The molecule has 0 aliphatic rings. The van der Waals surface area contributed by atoms with Crippen LogP contribution in [-0.2, 0) is 9.84 Å². The van der Waals surface area contributed by atoms with Crippen LogP contribution in [0.4, 0.5) is 0 Å². The van der Waals surface area contributed by atoms with Gasteiger partial charge in [-0.15, -0.1) is 6.58 Å². The van der Waals surface area contributed by atoms with E-state index in [9.17, 15) is 8.42 Å². The molecule has 14 heavy (non-hydrogen) atoms. The molecular formula is C10H13NO2S. The summed E-state index contributed by atoms with van der Waals surface area (Å²) >= 11 is 0. The molecule has 0 unspecified atom stereocenters. The molecule has 0 amide bonds. The van der Waals surface area contributed by atoms with E-state index in [4.69, 9.17) is 5.73 Å². The maximum Gasteiger partial charge on any atom is 0.175 e. The van der Waals surface area contributed by atoms with E-state index < -0.39 is 9.84 Å². The molecule has 1 aromatic rings. The second kappa shape index (κ2) is 3.94. The number of sulfone groups is 1. The van der Waals surface area contributed by atoms with E-state index in [-0.39, 0.29) is 10.9 Å². The summed E-state index contributed by atoms with van der Waals surface area (Å²) in [5.74, 6) is 0. The zero-order valence-electron chi connectivity index (χ0n) is 7.97. The lowest BCUT2D eigenvalue weighted by Gasteiger charge is -2.07. The van der Waals surface area contributed by atoms with Crippen molar-refractivity contribution in [1.29, 1.82) is 0 Å². The van der Waals surface area contributed by atoms with Gasteiger partial charge in [-0.3, -0.25) is 0 Å². The molecule has 0 bridgehead atoms. The van der Waals surface area contributed by atoms with E-state index in [1.54, 1.807) is 30.3 Å². The van der Waals surface area contributed by atoms with Gasteiger partial charge in [-0.1, -0.05) is 18.2 Å². The van der Waals surface area contributed by atoms with Crippen molar-refractivity contribution in [3.8, 4) is 0 Å². The van der Waals surface area contributed by atoms with Crippen LogP contribution in [0.3, 0.4) is 0 Å². The summed E-state index contributed by atoms with van der Waals surface area (Å²) < 4.78 is 22.5. The molecule has 0 spiro atoms. The predicted molar refractivity (Wildman–Crippen MR) is 56.7 cm³/mol. The van der Waals surface area contributed by atoms with Gasteiger partial charge in [0.05, 0.1) is 4.90 Å². The van der Waals surface area contributed by atoms with Crippen LogP contribution in [0.15, 0.2) is 41.8 Å². The SMILES string of the molecule is C=C[C@@H](N)c1cccc(S(C)(=O)=O)c1. The number of nitrogens with two attached hydrogens (primary N) is 1. The molecule has 1 aromatic carbocycles. The Labute approximate surface area is 84.2 Å². The number of benzene rings is 1. The molecule has 0 aliphatic heterocycles. The first-order valence-corrected chi connectivity index (χ1v) is 6.02. The molecule has 3 nitrogen and oxygen atoms in total. The van der Waals surface area contributed by atoms with Crippen LogP contribution in [-0.4, -0.2) is 14.7 Å². The molecule has 1 atom stereocenters. The summed E-state index contributed by atoms with van der Waals surface area (Å²) in [5, 5.41) is 0. The number of hydrogen-bond acceptors (Lipinski definition) is 3. The summed E-state index contributed by atoms with van der Waals surface area (Å²) in [5.41, 5.74) is 6.45. The summed E-state index contributed by atoms with van der Waals surface area (Å²) in [6, 6.07) is 6.25. The van der Waals surface area contributed by atoms with Crippen molar-refractivity contribution in [1.82, 2.24) is 0 Å². The lowest BCUT2D eigenvalue weighted by atomic mass is 10.1. The van der Waals surface area contributed by atoms with Crippen LogP contribution in [0.2, 0.25) is 0 Å². The van der Waals surface area contributed by atoms with Crippen LogP contribution in [0.5, 0.6) is 0 Å². The molecule has 0 fully saturated rings. The zero-order chi connectivity index (χ0) is 10.8. The Morgan fingerprint density at radius 2 is 2.14 bits per heavy atom. The van der Waals surface area contributed by atoms with E-state index in [1.165, 1.54) is 6.26 Å². The van der Waals surface area contributed by atoms with Crippen molar-refractivity contribution in [2.75, 3.05) is 6.26 Å². The fourth-order valence-corrected chi connectivity index (χ4v) is 1.76. The third kappa shape index (κ3) is 2.43. The van der Waals surface area contributed by atoms with Crippen molar-refractivity contribution in [3.05, 3.63) is 42.5 Å². The van der Waals surface area contributed by atoms with Gasteiger partial charge in [0, 0.05) is 12.3 Å². The van der Waals surface area contributed by atoms with Gasteiger partial charge in [-0.2, -0.15) is 0 Å². The molecule has 0 aromatic heterocycles. The molecule has 76 valence electrons. The van der Waals surface area contributed by atoms with Gasteiger partial charge in [0.2, 0.25) is 0 Å². The van der Waals surface area contributed by atoms with Crippen molar-refractivity contribution in [3.63, 3.8) is 0 Å². The van der Waals surface area contributed by atoms with Gasteiger partial charge in [-0.05, 0) is 17.7 Å². The Morgan fingerprint density at radius 1 is 1.50 bits per heavy atom. The molecule has 4 heteroatoms. The maximum absolute atomic E-state index is 11.2. The fourth-order valence-electron chi connectivity index (χ4n) is 1.09. The minimum Gasteiger partial charge on any atom is -0.321 e. The zero-order valence-corrected chi connectivity index (χ0v) is 8.79. The van der Waals surface area contributed by atoms with E-state index >= 15 is 0 Å². The van der Waals surface area contributed by atoms with Crippen LogP contribution in [0, 0.1) is 0 Å². The normalized spacial score (nSPS) is 13.6. The smallest absolute Gasteiger partial charge is 0.175 e. The first-order valence-electron chi connectivity index (χ1n) is 4.13. The third-order valence-corrected chi connectivity index (χ3v) is 3.04. The van der Waals surface area contributed by atoms with E-state index in [0.717, 1.165) is 5.56 Å². The standard InChI is InChI=1S/C10H13NO2S/c1-3-10(11)8-5-4-6-9(7-8)14(2,12)13/h3-7,10H,1,11H2,2H3/t10-/m1/s1. The number of hydrogen-bond donors (Lipinski definition) is 1.